The van der Waals surface area contributed by atoms with E-state index in [0.29, 0.717) is 11.1 Å². The third-order valence-corrected chi connectivity index (χ3v) is 13.4. The molecule has 12 rings (SSSR count). The van der Waals surface area contributed by atoms with Gasteiger partial charge in [0.15, 0.2) is 0 Å². The topological polar surface area (TPSA) is 0 Å². The molecule has 0 N–H and O–H groups in total. The van der Waals surface area contributed by atoms with Crippen molar-refractivity contribution >= 4 is 43.1 Å². The van der Waals surface area contributed by atoms with Gasteiger partial charge in [-0.2, -0.15) is 26.3 Å². The number of hydrogen-bond donors (Lipinski definition) is 0. The predicted octanol–water partition coefficient (Wildman–Crippen LogP) is 17.2. The molecule has 0 aliphatic heterocycles. The zero-order chi connectivity index (χ0) is 42.4. The molecule has 2 aliphatic rings. The lowest BCUT2D eigenvalue weighted by molar-refractivity contribution is -0.138. The van der Waals surface area contributed by atoms with Gasteiger partial charge in [-0.25, -0.2) is 0 Å². The van der Waals surface area contributed by atoms with Crippen molar-refractivity contribution < 1.29 is 26.3 Å². The SMILES string of the molecule is Cc1c2c(c(C)c3ccccc13)-c1ccc(-c3ccc4c5c(cccc35)-c3c-4c(-c4ccc(C(F)(F)F)cc4)c4ccccc4c3-c3ccc(C(F)(F)F)cc3)c3cccc-2c13. The standard InChI is InChI=1S/C56H32F6/c1-29-35-9-3-4-10-36(35)30(2)48-45-27-25-37(39-13-7-15-43(47(29)48)51(39)45)38-26-28-46-52-40(38)14-8-16-44(52)53-49(31-17-21-33(22-18-31)55(57,58)59)41-11-5-6-12-42(41)50(54(46)53)32-19-23-34(24-20-32)56(60,61)62/h3-28H,1-2H3. The molecule has 0 radical (unpaired) electrons. The number of hydrogen-bond acceptors (Lipinski definition) is 0. The molecule has 0 heterocycles. The highest BCUT2D eigenvalue weighted by Gasteiger charge is 2.35. The van der Waals surface area contributed by atoms with Crippen LogP contribution in [0.2, 0.25) is 0 Å². The molecular weight excluding hydrogens is 787 g/mol. The fraction of sp³-hybridized carbons (Fsp3) is 0.0714. The molecule has 0 saturated heterocycles. The Morgan fingerprint density at radius 1 is 0.274 bits per heavy atom. The average molecular weight is 819 g/mol. The highest BCUT2D eigenvalue weighted by atomic mass is 19.4. The van der Waals surface area contributed by atoms with E-state index in [-0.39, 0.29) is 0 Å². The molecule has 0 aromatic heterocycles. The summed E-state index contributed by atoms with van der Waals surface area (Å²) in [5.41, 5.74) is 14.4. The van der Waals surface area contributed by atoms with E-state index in [1.54, 1.807) is 0 Å². The van der Waals surface area contributed by atoms with Gasteiger partial charge < -0.3 is 0 Å². The van der Waals surface area contributed by atoms with E-state index < -0.39 is 23.5 Å². The molecule has 0 fully saturated rings. The van der Waals surface area contributed by atoms with Crippen LogP contribution in [0.1, 0.15) is 22.3 Å². The molecule has 0 bridgehead atoms. The highest BCUT2D eigenvalue weighted by Crippen LogP contribution is 2.60. The zero-order valence-electron chi connectivity index (χ0n) is 33.3. The molecule has 298 valence electrons. The third kappa shape index (κ3) is 4.98. The van der Waals surface area contributed by atoms with Crippen molar-refractivity contribution in [2.45, 2.75) is 26.2 Å². The number of halogens is 6. The molecule has 10 aromatic carbocycles. The van der Waals surface area contributed by atoms with Gasteiger partial charge in [-0.1, -0.05) is 133 Å². The van der Waals surface area contributed by atoms with E-state index in [2.05, 4.69) is 92.7 Å². The Morgan fingerprint density at radius 2 is 0.597 bits per heavy atom. The Kier molecular flexibility index (Phi) is 7.50. The van der Waals surface area contributed by atoms with E-state index in [0.717, 1.165) is 95.7 Å². The monoisotopic (exact) mass is 818 g/mol. The second kappa shape index (κ2) is 12.7. The maximum absolute atomic E-state index is 13.9. The number of rotatable bonds is 3. The zero-order valence-corrected chi connectivity index (χ0v) is 33.3. The number of benzene rings is 10. The summed E-state index contributed by atoms with van der Waals surface area (Å²) in [5.74, 6) is 0. The van der Waals surface area contributed by atoms with Crippen LogP contribution in [0.5, 0.6) is 0 Å². The van der Waals surface area contributed by atoms with Crippen molar-refractivity contribution in [3.05, 3.63) is 180 Å². The Balaban J connectivity index is 1.14. The summed E-state index contributed by atoms with van der Waals surface area (Å²) in [4.78, 5) is 0. The van der Waals surface area contributed by atoms with Gasteiger partial charge in [-0.05, 0) is 170 Å². The van der Waals surface area contributed by atoms with Crippen LogP contribution < -0.4 is 0 Å². The van der Waals surface area contributed by atoms with Crippen molar-refractivity contribution in [2.24, 2.45) is 0 Å². The van der Waals surface area contributed by atoms with Crippen molar-refractivity contribution in [1.29, 1.82) is 0 Å². The first kappa shape index (κ1) is 36.7. The smallest absolute Gasteiger partial charge is 0.166 e. The minimum Gasteiger partial charge on any atom is -0.166 e. The van der Waals surface area contributed by atoms with Crippen molar-refractivity contribution in [3.8, 4) is 77.9 Å². The summed E-state index contributed by atoms with van der Waals surface area (Å²) >= 11 is 0. The van der Waals surface area contributed by atoms with Crippen molar-refractivity contribution in [1.82, 2.24) is 0 Å². The molecule has 10 aromatic rings. The highest BCUT2D eigenvalue weighted by molar-refractivity contribution is 6.30. The molecule has 62 heavy (non-hydrogen) atoms. The first-order valence-electron chi connectivity index (χ1n) is 20.5. The van der Waals surface area contributed by atoms with E-state index in [9.17, 15) is 26.3 Å². The fourth-order valence-electron chi connectivity index (χ4n) is 10.8. The predicted molar refractivity (Wildman–Crippen MR) is 241 cm³/mol. The van der Waals surface area contributed by atoms with Gasteiger partial charge in [0.05, 0.1) is 11.1 Å². The van der Waals surface area contributed by atoms with Gasteiger partial charge >= 0.3 is 12.4 Å². The number of alkyl halides is 6. The fourth-order valence-corrected chi connectivity index (χ4v) is 10.8. The van der Waals surface area contributed by atoms with Crippen LogP contribution >= 0.6 is 0 Å². The first-order valence-corrected chi connectivity index (χ1v) is 20.5. The van der Waals surface area contributed by atoms with Crippen LogP contribution in [0.15, 0.2) is 158 Å². The molecule has 0 nitrogen and oxygen atoms in total. The van der Waals surface area contributed by atoms with Gasteiger partial charge in [-0.15, -0.1) is 0 Å². The summed E-state index contributed by atoms with van der Waals surface area (Å²) in [7, 11) is 0. The summed E-state index contributed by atoms with van der Waals surface area (Å²) in [6.45, 7) is 4.43. The molecule has 0 unspecified atom stereocenters. The van der Waals surface area contributed by atoms with Gasteiger partial charge in [0.1, 0.15) is 0 Å². The summed E-state index contributed by atoms with van der Waals surface area (Å²) < 4.78 is 83.3. The van der Waals surface area contributed by atoms with Crippen molar-refractivity contribution in [3.63, 3.8) is 0 Å². The Labute approximate surface area is 352 Å². The van der Waals surface area contributed by atoms with Crippen LogP contribution in [0.25, 0.3) is 121 Å². The van der Waals surface area contributed by atoms with E-state index in [1.807, 2.05) is 30.3 Å². The Hall–Kier alpha value is -7.18. The molecule has 0 spiro atoms. The quantitative estimate of drug-likeness (QED) is 0.156. The molecule has 6 heteroatoms. The minimum absolute atomic E-state index is 0.611. The maximum Gasteiger partial charge on any atom is 0.416 e. The van der Waals surface area contributed by atoms with Gasteiger partial charge in [0, 0.05) is 0 Å². The lowest BCUT2D eigenvalue weighted by Gasteiger charge is -2.21. The maximum atomic E-state index is 13.9. The lowest BCUT2D eigenvalue weighted by Crippen LogP contribution is -2.04. The van der Waals surface area contributed by atoms with E-state index in [4.69, 9.17) is 0 Å². The molecule has 0 saturated carbocycles. The molecule has 2 aliphatic carbocycles. The lowest BCUT2D eigenvalue weighted by atomic mass is 9.82. The molecular formula is C56H32F6. The Bertz CT molecular complexity index is 3420. The summed E-state index contributed by atoms with van der Waals surface area (Å²) in [6, 6.07) is 48.3. The largest absolute Gasteiger partial charge is 0.416 e. The van der Waals surface area contributed by atoms with Gasteiger partial charge in [0.25, 0.3) is 0 Å². The second-order valence-electron chi connectivity index (χ2n) is 16.5. The van der Waals surface area contributed by atoms with Crippen LogP contribution in [-0.2, 0) is 12.4 Å². The normalized spacial score (nSPS) is 12.8. The Morgan fingerprint density at radius 3 is 1.00 bits per heavy atom. The minimum atomic E-state index is -4.51. The number of fused-ring (bicyclic) bond motifs is 8. The number of aryl methyl sites for hydroxylation is 2. The second-order valence-corrected chi connectivity index (χ2v) is 16.5. The summed E-state index contributed by atoms with van der Waals surface area (Å²) in [6.07, 6.45) is -9.02. The van der Waals surface area contributed by atoms with Crippen LogP contribution in [0.3, 0.4) is 0 Å². The van der Waals surface area contributed by atoms with Crippen molar-refractivity contribution in [2.75, 3.05) is 0 Å². The molecule has 0 amide bonds. The average Bonchev–Trinajstić information content (AvgIpc) is 3.79. The first-order chi connectivity index (χ1) is 29.9. The van der Waals surface area contributed by atoms with Crippen LogP contribution in [-0.4, -0.2) is 0 Å². The summed E-state index contributed by atoms with van der Waals surface area (Å²) in [5, 5.41) is 8.42. The van der Waals surface area contributed by atoms with E-state index in [1.165, 1.54) is 73.8 Å². The van der Waals surface area contributed by atoms with Crippen LogP contribution in [0.4, 0.5) is 26.3 Å². The van der Waals surface area contributed by atoms with Crippen LogP contribution in [0, 0.1) is 13.8 Å². The molecule has 0 atom stereocenters. The van der Waals surface area contributed by atoms with Gasteiger partial charge in [-0.3, -0.25) is 0 Å². The van der Waals surface area contributed by atoms with Gasteiger partial charge in [0.2, 0.25) is 0 Å². The third-order valence-electron chi connectivity index (χ3n) is 13.4. The van der Waals surface area contributed by atoms with E-state index >= 15 is 0 Å².